The van der Waals surface area contributed by atoms with E-state index in [4.69, 9.17) is 9.47 Å². The molecule has 1 aromatic heterocycles. The van der Waals surface area contributed by atoms with E-state index in [2.05, 4.69) is 4.98 Å². The largest absolute Gasteiger partial charge is 0.490 e. The number of esters is 1. The Hall–Kier alpha value is -3.41. The fourth-order valence-electron chi connectivity index (χ4n) is 3.89. The Morgan fingerprint density at radius 3 is 2.53 bits per heavy atom. The summed E-state index contributed by atoms with van der Waals surface area (Å²) in [5.41, 5.74) is 3.12. The first-order valence-corrected chi connectivity index (χ1v) is 9.88. The van der Waals surface area contributed by atoms with E-state index in [1.54, 1.807) is 19.1 Å². The molecule has 6 heteroatoms. The molecule has 1 aliphatic carbocycles. The Labute approximate surface area is 173 Å². The smallest absolute Gasteiger partial charge is 0.355 e. The van der Waals surface area contributed by atoms with Crippen LogP contribution in [0.4, 0.5) is 4.39 Å². The van der Waals surface area contributed by atoms with Crippen molar-refractivity contribution in [1.82, 2.24) is 4.98 Å². The number of hydrogen-bond acceptors (Lipinski definition) is 4. The molecule has 0 unspecified atom stereocenters. The van der Waals surface area contributed by atoms with Crippen molar-refractivity contribution in [3.63, 3.8) is 0 Å². The molecule has 1 heterocycles. The molecule has 1 N–H and O–H groups in total. The zero-order valence-electron chi connectivity index (χ0n) is 16.6. The molecule has 5 nitrogen and oxygen atoms in total. The quantitative estimate of drug-likeness (QED) is 0.479. The van der Waals surface area contributed by atoms with Crippen LogP contribution < -0.4 is 4.74 Å². The van der Waals surface area contributed by atoms with Crippen LogP contribution in [0.3, 0.4) is 0 Å². The van der Waals surface area contributed by atoms with E-state index in [0.717, 1.165) is 11.3 Å². The molecule has 30 heavy (non-hydrogen) atoms. The van der Waals surface area contributed by atoms with Crippen LogP contribution in [0.15, 0.2) is 54.6 Å². The van der Waals surface area contributed by atoms with Gasteiger partial charge >= 0.3 is 5.97 Å². The van der Waals surface area contributed by atoms with Gasteiger partial charge in [0, 0.05) is 17.7 Å². The Morgan fingerprint density at radius 1 is 1.07 bits per heavy atom. The Kier molecular flexibility index (Phi) is 5.65. The number of nitrogens with one attached hydrogen (secondary N) is 1. The number of ether oxygens (including phenoxy) is 2. The van der Waals surface area contributed by atoms with Gasteiger partial charge in [-0.3, -0.25) is 4.79 Å². The van der Waals surface area contributed by atoms with E-state index in [1.807, 2.05) is 30.3 Å². The zero-order chi connectivity index (χ0) is 21.1. The summed E-state index contributed by atoms with van der Waals surface area (Å²) in [5, 5.41) is 0. The number of aromatic nitrogens is 1. The first-order valence-electron chi connectivity index (χ1n) is 9.88. The maximum atomic E-state index is 13.2. The fraction of sp³-hybridized carbons (Fsp3) is 0.250. The third-order valence-electron chi connectivity index (χ3n) is 5.36. The average molecular weight is 407 g/mol. The maximum absolute atomic E-state index is 13.2. The van der Waals surface area contributed by atoms with Crippen molar-refractivity contribution in [2.24, 2.45) is 0 Å². The van der Waals surface area contributed by atoms with E-state index >= 15 is 0 Å². The van der Waals surface area contributed by atoms with E-state index < -0.39 is 5.97 Å². The van der Waals surface area contributed by atoms with Crippen molar-refractivity contribution in [2.75, 3.05) is 13.2 Å². The Balaban J connectivity index is 1.42. The van der Waals surface area contributed by atoms with Gasteiger partial charge in [-0.15, -0.1) is 0 Å². The molecule has 0 saturated carbocycles. The van der Waals surface area contributed by atoms with Gasteiger partial charge in [0.05, 0.1) is 0 Å². The van der Waals surface area contributed by atoms with Crippen molar-refractivity contribution in [3.05, 3.63) is 88.5 Å². The second-order valence-corrected chi connectivity index (χ2v) is 7.36. The Morgan fingerprint density at radius 2 is 1.80 bits per heavy atom. The number of fused-ring (bicyclic) bond motifs is 1. The summed E-state index contributed by atoms with van der Waals surface area (Å²) >= 11 is 0. The SMILES string of the molecule is Cc1c(C(=O)OCCOc2ccccc2)[nH]c2c1C(=O)C[C@H](c1ccc(F)cc1)C2. The van der Waals surface area contributed by atoms with Crippen molar-refractivity contribution in [1.29, 1.82) is 0 Å². The summed E-state index contributed by atoms with van der Waals surface area (Å²) in [6.45, 7) is 2.09. The minimum Gasteiger partial charge on any atom is -0.490 e. The lowest BCUT2D eigenvalue weighted by Gasteiger charge is -2.22. The highest BCUT2D eigenvalue weighted by Crippen LogP contribution is 2.35. The van der Waals surface area contributed by atoms with Gasteiger partial charge in [0.15, 0.2) is 5.78 Å². The van der Waals surface area contributed by atoms with E-state index in [-0.39, 0.29) is 30.7 Å². The molecule has 2 aromatic carbocycles. The number of halogens is 1. The van der Waals surface area contributed by atoms with Gasteiger partial charge in [-0.1, -0.05) is 30.3 Å². The van der Waals surface area contributed by atoms with Crippen LogP contribution in [0.5, 0.6) is 5.75 Å². The van der Waals surface area contributed by atoms with Crippen molar-refractivity contribution >= 4 is 11.8 Å². The zero-order valence-corrected chi connectivity index (χ0v) is 16.6. The van der Waals surface area contributed by atoms with Crippen LogP contribution in [0, 0.1) is 12.7 Å². The summed E-state index contributed by atoms with van der Waals surface area (Å²) in [6, 6.07) is 15.5. The molecule has 0 fully saturated rings. The van der Waals surface area contributed by atoms with Gasteiger partial charge in [0.2, 0.25) is 0 Å². The molecular formula is C24H22FNO4. The highest BCUT2D eigenvalue weighted by Gasteiger charge is 2.32. The van der Waals surface area contributed by atoms with Crippen LogP contribution in [-0.2, 0) is 11.2 Å². The molecule has 0 amide bonds. The number of carbonyl (C=O) groups excluding carboxylic acids is 2. The molecule has 0 spiro atoms. The lowest BCUT2D eigenvalue weighted by molar-refractivity contribution is 0.0443. The first kappa shape index (κ1) is 19.9. The normalized spacial score (nSPS) is 15.5. The molecule has 0 bridgehead atoms. The van der Waals surface area contributed by atoms with Gasteiger partial charge in [-0.2, -0.15) is 0 Å². The minimum atomic E-state index is -0.510. The number of H-pyrrole nitrogens is 1. The number of ketones is 1. The van der Waals surface area contributed by atoms with Crippen molar-refractivity contribution in [3.8, 4) is 5.75 Å². The van der Waals surface area contributed by atoms with Crippen LogP contribution in [0.25, 0.3) is 0 Å². The van der Waals surface area contributed by atoms with Crippen LogP contribution in [0.1, 0.15) is 50.0 Å². The number of carbonyl (C=O) groups is 2. The van der Waals surface area contributed by atoms with Crippen LogP contribution in [-0.4, -0.2) is 30.0 Å². The van der Waals surface area contributed by atoms with Gasteiger partial charge in [0.25, 0.3) is 0 Å². The lowest BCUT2D eigenvalue weighted by atomic mass is 9.81. The minimum absolute atomic E-state index is 0.0224. The van der Waals surface area contributed by atoms with Crippen LogP contribution >= 0.6 is 0 Å². The number of aromatic amines is 1. The second-order valence-electron chi connectivity index (χ2n) is 7.36. The molecule has 0 saturated heterocycles. The van der Waals surface area contributed by atoms with Gasteiger partial charge in [0.1, 0.15) is 30.5 Å². The summed E-state index contributed by atoms with van der Waals surface area (Å²) < 4.78 is 24.0. The lowest BCUT2D eigenvalue weighted by Crippen LogP contribution is -2.18. The van der Waals surface area contributed by atoms with E-state index in [0.29, 0.717) is 35.4 Å². The van der Waals surface area contributed by atoms with E-state index in [1.165, 1.54) is 12.1 Å². The summed E-state index contributed by atoms with van der Waals surface area (Å²) in [7, 11) is 0. The van der Waals surface area contributed by atoms with Gasteiger partial charge < -0.3 is 14.5 Å². The highest BCUT2D eigenvalue weighted by molar-refractivity contribution is 6.03. The van der Waals surface area contributed by atoms with Crippen LogP contribution in [0.2, 0.25) is 0 Å². The molecule has 3 aromatic rings. The fourth-order valence-corrected chi connectivity index (χ4v) is 3.89. The molecular weight excluding hydrogens is 385 g/mol. The molecule has 1 aliphatic rings. The predicted molar refractivity (Wildman–Crippen MR) is 110 cm³/mol. The highest BCUT2D eigenvalue weighted by atomic mass is 19.1. The molecule has 0 aliphatic heterocycles. The molecule has 1 atom stereocenters. The third-order valence-corrected chi connectivity index (χ3v) is 5.36. The topological polar surface area (TPSA) is 68.4 Å². The van der Waals surface area contributed by atoms with Crippen molar-refractivity contribution in [2.45, 2.75) is 25.7 Å². The van der Waals surface area contributed by atoms with Gasteiger partial charge in [-0.05, 0) is 54.7 Å². The number of Topliss-reactive ketones (excluding diaryl/α,β-unsaturated/α-hetero) is 1. The number of hydrogen-bond donors (Lipinski definition) is 1. The maximum Gasteiger partial charge on any atom is 0.355 e. The molecule has 154 valence electrons. The second kappa shape index (κ2) is 8.53. The summed E-state index contributed by atoms with van der Waals surface area (Å²) in [6.07, 6.45) is 0.911. The van der Waals surface area contributed by atoms with E-state index in [9.17, 15) is 14.0 Å². The molecule has 4 rings (SSSR count). The predicted octanol–water partition coefficient (Wildman–Crippen LogP) is 4.61. The summed E-state index contributed by atoms with van der Waals surface area (Å²) in [4.78, 5) is 28.4. The number of benzene rings is 2. The third kappa shape index (κ3) is 4.13. The Bertz CT molecular complexity index is 1060. The average Bonchev–Trinajstić information content (AvgIpc) is 3.09. The molecule has 0 radical (unpaired) electrons. The number of rotatable bonds is 6. The first-order chi connectivity index (χ1) is 14.5. The van der Waals surface area contributed by atoms with Crippen molar-refractivity contribution < 1.29 is 23.5 Å². The monoisotopic (exact) mass is 407 g/mol. The van der Waals surface area contributed by atoms with Gasteiger partial charge in [-0.25, -0.2) is 9.18 Å². The summed E-state index contributed by atoms with van der Waals surface area (Å²) in [5.74, 6) is -0.182. The number of para-hydroxylation sites is 1. The standard InChI is InChI=1S/C24H22FNO4/c1-15-22-20(13-17(14-21(22)27)16-7-9-18(25)10-8-16)26-23(15)24(28)30-12-11-29-19-5-3-2-4-6-19/h2-10,17,26H,11-14H2,1H3/t17-/m1/s1.